The summed E-state index contributed by atoms with van der Waals surface area (Å²) in [5, 5.41) is 13.5. The molecule has 0 spiro atoms. The number of hydrogen-bond acceptors (Lipinski definition) is 6. The van der Waals surface area contributed by atoms with E-state index in [1.54, 1.807) is 0 Å². The van der Waals surface area contributed by atoms with Crippen molar-refractivity contribution < 1.29 is 29.0 Å². The van der Waals surface area contributed by atoms with Crippen molar-refractivity contribution in [3.05, 3.63) is 0 Å². The number of carboxylic acids is 1. The molecule has 148 valence electrons. The molecule has 0 radical (unpaired) electrons. The van der Waals surface area contributed by atoms with Gasteiger partial charge in [0.15, 0.2) is 0 Å². The Labute approximate surface area is 153 Å². The predicted molar refractivity (Wildman–Crippen MR) is 92.6 cm³/mol. The second kappa shape index (κ2) is 8.03. The zero-order valence-electron chi connectivity index (χ0n) is 15.9. The smallest absolute Gasteiger partial charge is 0.349 e. The highest BCUT2D eigenvalue weighted by Gasteiger charge is 2.51. The lowest BCUT2D eigenvalue weighted by atomic mass is 9.72. The molecule has 2 amide bonds. The quantitative estimate of drug-likeness (QED) is 0.363. The van der Waals surface area contributed by atoms with Crippen molar-refractivity contribution in [1.82, 2.24) is 10.6 Å². The number of ether oxygens (including phenoxy) is 1. The number of rotatable bonds is 7. The molecule has 26 heavy (non-hydrogen) atoms. The van der Waals surface area contributed by atoms with Crippen LogP contribution in [0.25, 0.3) is 0 Å². The molecule has 0 bridgehead atoms. The molecule has 1 aliphatic rings. The largest absolute Gasteiger partial charge is 0.481 e. The summed E-state index contributed by atoms with van der Waals surface area (Å²) in [4.78, 5) is 47.5. The minimum Gasteiger partial charge on any atom is -0.481 e. The van der Waals surface area contributed by atoms with Crippen LogP contribution >= 0.6 is 0 Å². The molecule has 0 aromatic heterocycles. The van der Waals surface area contributed by atoms with E-state index < -0.39 is 36.5 Å². The van der Waals surface area contributed by atoms with Crippen LogP contribution < -0.4 is 16.4 Å². The lowest BCUT2D eigenvalue weighted by Gasteiger charge is -2.35. The second-order valence-corrected chi connectivity index (χ2v) is 8.09. The first-order chi connectivity index (χ1) is 11.8. The van der Waals surface area contributed by atoms with E-state index in [2.05, 4.69) is 15.4 Å². The summed E-state index contributed by atoms with van der Waals surface area (Å²) in [5.74, 6) is -3.73. The van der Waals surface area contributed by atoms with E-state index in [0.29, 0.717) is 0 Å². The minimum atomic E-state index is -1.44. The molecule has 1 unspecified atom stereocenters. The van der Waals surface area contributed by atoms with E-state index in [4.69, 9.17) is 10.8 Å². The summed E-state index contributed by atoms with van der Waals surface area (Å²) in [6.45, 7) is 7.95. The first-order valence-electron chi connectivity index (χ1n) is 8.48. The van der Waals surface area contributed by atoms with Gasteiger partial charge in [-0.1, -0.05) is 27.7 Å². The molecule has 0 aromatic carbocycles. The van der Waals surface area contributed by atoms with Crippen LogP contribution in [0.15, 0.2) is 0 Å². The maximum Gasteiger partial charge on any atom is 0.349 e. The average molecular weight is 371 g/mol. The topological polar surface area (TPSA) is 148 Å². The van der Waals surface area contributed by atoms with Gasteiger partial charge in [-0.2, -0.15) is 0 Å². The normalized spacial score (nSPS) is 20.7. The average Bonchev–Trinajstić information content (AvgIpc) is 2.72. The van der Waals surface area contributed by atoms with Crippen LogP contribution in [0.5, 0.6) is 0 Å². The standard InChI is InChI=1S/C17H29N3O6/c1-16(2)6-7-17(3,4)11(16)14(24)20-12(15(25)26-5)19-13(23)9(18)8-10(21)22/h9,11-12H,6-8,18H2,1-5H3,(H,19,23)(H,20,24)(H,21,22)/t9-,12?/m0/s1. The lowest BCUT2D eigenvalue weighted by molar-refractivity contribution is -0.149. The van der Waals surface area contributed by atoms with Gasteiger partial charge in [0.1, 0.15) is 0 Å². The predicted octanol–water partition coefficient (Wildman–Crippen LogP) is -0.0177. The molecule has 9 nitrogen and oxygen atoms in total. The van der Waals surface area contributed by atoms with E-state index in [1.807, 2.05) is 27.7 Å². The Bertz CT molecular complexity index is 571. The van der Waals surface area contributed by atoms with Gasteiger partial charge in [0.2, 0.25) is 18.0 Å². The van der Waals surface area contributed by atoms with E-state index in [0.717, 1.165) is 20.0 Å². The summed E-state index contributed by atoms with van der Waals surface area (Å²) in [7, 11) is 1.12. The number of carbonyl (C=O) groups is 4. The van der Waals surface area contributed by atoms with Crippen molar-refractivity contribution in [3.63, 3.8) is 0 Å². The van der Waals surface area contributed by atoms with Crippen molar-refractivity contribution in [2.24, 2.45) is 22.5 Å². The summed E-state index contributed by atoms with van der Waals surface area (Å²) >= 11 is 0. The Kier molecular flexibility index (Phi) is 6.76. The molecule has 0 aliphatic heterocycles. The highest BCUT2D eigenvalue weighted by atomic mass is 16.5. The van der Waals surface area contributed by atoms with Gasteiger partial charge < -0.3 is 26.2 Å². The van der Waals surface area contributed by atoms with Crippen LogP contribution in [0.3, 0.4) is 0 Å². The van der Waals surface area contributed by atoms with Crippen LogP contribution in [0, 0.1) is 16.7 Å². The molecular formula is C17H29N3O6. The molecule has 0 saturated heterocycles. The van der Waals surface area contributed by atoms with Crippen LogP contribution in [-0.2, 0) is 23.9 Å². The number of amides is 2. The third-order valence-corrected chi connectivity index (χ3v) is 4.98. The molecule has 1 saturated carbocycles. The maximum absolute atomic E-state index is 12.8. The Morgan fingerprint density at radius 3 is 2.04 bits per heavy atom. The van der Waals surface area contributed by atoms with Crippen molar-refractivity contribution >= 4 is 23.8 Å². The van der Waals surface area contributed by atoms with Gasteiger partial charge in [-0.3, -0.25) is 14.4 Å². The Morgan fingerprint density at radius 1 is 1.12 bits per heavy atom. The fourth-order valence-corrected chi connectivity index (χ4v) is 3.73. The monoisotopic (exact) mass is 371 g/mol. The number of hydrogen-bond donors (Lipinski definition) is 4. The fourth-order valence-electron chi connectivity index (χ4n) is 3.73. The van der Waals surface area contributed by atoms with E-state index in [9.17, 15) is 19.2 Å². The van der Waals surface area contributed by atoms with Gasteiger partial charge in [0, 0.05) is 5.92 Å². The third kappa shape index (κ3) is 5.17. The first-order valence-corrected chi connectivity index (χ1v) is 8.48. The molecule has 1 rings (SSSR count). The molecule has 1 fully saturated rings. The zero-order chi connectivity index (χ0) is 20.3. The Hall–Kier alpha value is -2.16. The number of carbonyl (C=O) groups excluding carboxylic acids is 3. The SMILES string of the molecule is COC(=O)C(NC(=O)C1C(C)(C)CCC1(C)C)NC(=O)[C@@H](N)CC(=O)O. The third-order valence-electron chi connectivity index (χ3n) is 4.98. The number of methoxy groups -OCH3 is 1. The van der Waals surface area contributed by atoms with Gasteiger partial charge in [-0.05, 0) is 23.7 Å². The van der Waals surface area contributed by atoms with E-state index in [1.165, 1.54) is 0 Å². The molecule has 5 N–H and O–H groups in total. The van der Waals surface area contributed by atoms with E-state index >= 15 is 0 Å². The van der Waals surface area contributed by atoms with Crippen molar-refractivity contribution in [1.29, 1.82) is 0 Å². The van der Waals surface area contributed by atoms with Crippen LogP contribution in [0.4, 0.5) is 0 Å². The summed E-state index contributed by atoms with van der Waals surface area (Å²) in [6, 6.07) is -1.35. The van der Waals surface area contributed by atoms with Gasteiger partial charge in [0.25, 0.3) is 0 Å². The number of esters is 1. The molecule has 1 aliphatic carbocycles. The summed E-state index contributed by atoms with van der Waals surface area (Å²) < 4.78 is 4.62. The van der Waals surface area contributed by atoms with Crippen LogP contribution in [0.1, 0.15) is 47.0 Å². The molecular weight excluding hydrogens is 342 g/mol. The van der Waals surface area contributed by atoms with Gasteiger partial charge in [0.05, 0.1) is 19.6 Å². The maximum atomic E-state index is 12.8. The number of aliphatic carboxylic acids is 1. The summed E-state index contributed by atoms with van der Waals surface area (Å²) in [5.41, 5.74) is 4.96. The zero-order valence-corrected chi connectivity index (χ0v) is 15.9. The van der Waals surface area contributed by atoms with Crippen molar-refractivity contribution in [2.75, 3.05) is 7.11 Å². The fraction of sp³-hybridized carbons (Fsp3) is 0.765. The lowest BCUT2D eigenvalue weighted by Crippen LogP contribution is -2.59. The van der Waals surface area contributed by atoms with Gasteiger partial charge >= 0.3 is 11.9 Å². The molecule has 0 aromatic rings. The summed E-state index contributed by atoms with van der Waals surface area (Å²) in [6.07, 6.45) is -0.323. The van der Waals surface area contributed by atoms with E-state index in [-0.39, 0.29) is 22.7 Å². The van der Waals surface area contributed by atoms with Gasteiger partial charge in [-0.25, -0.2) is 4.79 Å². The number of nitrogens with two attached hydrogens (primary N) is 1. The van der Waals surface area contributed by atoms with Crippen molar-refractivity contribution in [3.8, 4) is 0 Å². The number of nitrogens with one attached hydrogen (secondary N) is 2. The van der Waals surface area contributed by atoms with Crippen LogP contribution in [-0.4, -0.2) is 48.2 Å². The van der Waals surface area contributed by atoms with Gasteiger partial charge in [-0.15, -0.1) is 0 Å². The first kappa shape index (κ1) is 21.9. The van der Waals surface area contributed by atoms with Crippen LogP contribution in [0.2, 0.25) is 0 Å². The molecule has 9 heteroatoms. The minimum absolute atomic E-state index is 0.266. The number of carboxylic acid groups (broad SMARTS) is 1. The molecule has 0 heterocycles. The Morgan fingerprint density at radius 2 is 1.62 bits per heavy atom. The van der Waals surface area contributed by atoms with Crippen molar-refractivity contribution in [2.45, 2.75) is 59.2 Å². The highest BCUT2D eigenvalue weighted by Crippen LogP contribution is 2.53. The highest BCUT2D eigenvalue weighted by molar-refractivity contribution is 5.92. The second-order valence-electron chi connectivity index (χ2n) is 8.09. The molecule has 2 atom stereocenters. The Balaban J connectivity index is 2.91.